The first-order valence-corrected chi connectivity index (χ1v) is 8.20. The standard InChI is InChI=1S/C16H26N2S/c1-5-18-11-7-6-8-14(18)13-9-10-15(17-12-13)19-16(2,3)4/h9-10,12,14H,5-8,11H2,1-4H3/t14-/m1/s1. The summed E-state index contributed by atoms with van der Waals surface area (Å²) in [5, 5.41) is 1.13. The highest BCUT2D eigenvalue weighted by molar-refractivity contribution is 8.00. The maximum Gasteiger partial charge on any atom is 0.0965 e. The summed E-state index contributed by atoms with van der Waals surface area (Å²) in [5.74, 6) is 0. The second-order valence-electron chi connectivity index (χ2n) is 6.28. The topological polar surface area (TPSA) is 16.1 Å². The third-order valence-electron chi connectivity index (χ3n) is 3.57. The predicted octanol–water partition coefficient (Wildman–Crippen LogP) is 4.52. The van der Waals surface area contributed by atoms with Crippen LogP contribution >= 0.6 is 11.8 Å². The molecule has 1 fully saturated rings. The average molecular weight is 278 g/mol. The first-order valence-electron chi connectivity index (χ1n) is 7.38. The number of thioether (sulfide) groups is 1. The van der Waals surface area contributed by atoms with E-state index in [0.29, 0.717) is 6.04 Å². The fourth-order valence-electron chi connectivity index (χ4n) is 2.71. The van der Waals surface area contributed by atoms with Crippen LogP contribution in [-0.4, -0.2) is 27.7 Å². The van der Waals surface area contributed by atoms with Gasteiger partial charge >= 0.3 is 0 Å². The van der Waals surface area contributed by atoms with Crippen molar-refractivity contribution in [3.05, 3.63) is 23.9 Å². The van der Waals surface area contributed by atoms with Crippen LogP contribution in [0.5, 0.6) is 0 Å². The number of hydrogen-bond acceptors (Lipinski definition) is 3. The highest BCUT2D eigenvalue weighted by atomic mass is 32.2. The molecule has 0 unspecified atom stereocenters. The molecule has 0 bridgehead atoms. The Kier molecular flexibility index (Phi) is 4.91. The Balaban J connectivity index is 2.08. The third-order valence-corrected chi connectivity index (χ3v) is 4.64. The van der Waals surface area contributed by atoms with Crippen LogP contribution in [0.4, 0.5) is 0 Å². The van der Waals surface area contributed by atoms with Gasteiger partial charge in [-0.1, -0.05) is 40.2 Å². The van der Waals surface area contributed by atoms with Crippen molar-refractivity contribution in [3.8, 4) is 0 Å². The summed E-state index contributed by atoms with van der Waals surface area (Å²) in [6, 6.07) is 5.05. The number of hydrogen-bond donors (Lipinski definition) is 0. The molecule has 0 saturated carbocycles. The van der Waals surface area contributed by atoms with Crippen LogP contribution < -0.4 is 0 Å². The van der Waals surface area contributed by atoms with E-state index in [1.807, 2.05) is 11.8 Å². The van der Waals surface area contributed by atoms with Crippen molar-refractivity contribution in [2.24, 2.45) is 0 Å². The zero-order valence-electron chi connectivity index (χ0n) is 12.6. The minimum atomic E-state index is 0.231. The summed E-state index contributed by atoms with van der Waals surface area (Å²) in [6.07, 6.45) is 6.06. The summed E-state index contributed by atoms with van der Waals surface area (Å²) in [5.41, 5.74) is 1.39. The smallest absolute Gasteiger partial charge is 0.0965 e. The van der Waals surface area contributed by atoms with E-state index < -0.39 is 0 Å². The highest BCUT2D eigenvalue weighted by Crippen LogP contribution is 2.33. The molecule has 1 aliphatic rings. The van der Waals surface area contributed by atoms with E-state index in [0.717, 1.165) is 11.6 Å². The molecule has 2 rings (SSSR count). The van der Waals surface area contributed by atoms with Gasteiger partial charge in [-0.25, -0.2) is 4.98 Å². The molecular weight excluding hydrogens is 252 g/mol. The van der Waals surface area contributed by atoms with Crippen LogP contribution in [0, 0.1) is 0 Å². The van der Waals surface area contributed by atoms with E-state index in [9.17, 15) is 0 Å². The van der Waals surface area contributed by atoms with Gasteiger partial charge in [0.25, 0.3) is 0 Å². The van der Waals surface area contributed by atoms with Gasteiger partial charge in [-0.2, -0.15) is 0 Å². The summed E-state index contributed by atoms with van der Waals surface area (Å²) in [4.78, 5) is 7.22. The number of nitrogens with zero attached hydrogens (tertiary/aromatic N) is 2. The Hall–Kier alpha value is -0.540. The molecule has 2 nitrogen and oxygen atoms in total. The van der Waals surface area contributed by atoms with Crippen molar-refractivity contribution in [1.29, 1.82) is 0 Å². The third kappa shape index (κ3) is 4.22. The molecule has 1 aliphatic heterocycles. The molecule has 2 heterocycles. The Bertz CT molecular complexity index is 394. The SMILES string of the molecule is CCN1CCCC[C@@H]1c1ccc(SC(C)(C)C)nc1. The van der Waals surface area contributed by atoms with Crippen LogP contribution in [0.15, 0.2) is 23.4 Å². The van der Waals surface area contributed by atoms with E-state index in [4.69, 9.17) is 0 Å². The molecule has 0 spiro atoms. The van der Waals surface area contributed by atoms with Gasteiger partial charge in [-0.3, -0.25) is 4.90 Å². The monoisotopic (exact) mass is 278 g/mol. The molecule has 0 radical (unpaired) electrons. The average Bonchev–Trinajstić information content (AvgIpc) is 2.38. The van der Waals surface area contributed by atoms with E-state index in [2.05, 4.69) is 55.9 Å². The Morgan fingerprint density at radius 1 is 1.32 bits per heavy atom. The first-order chi connectivity index (χ1) is 8.99. The summed E-state index contributed by atoms with van der Waals surface area (Å²) < 4.78 is 0.231. The van der Waals surface area contributed by atoms with Gasteiger partial charge < -0.3 is 0 Å². The number of piperidine rings is 1. The predicted molar refractivity (Wildman–Crippen MR) is 83.7 cm³/mol. The maximum absolute atomic E-state index is 4.64. The molecule has 1 aromatic rings. The van der Waals surface area contributed by atoms with Gasteiger partial charge in [0.2, 0.25) is 0 Å². The van der Waals surface area contributed by atoms with Gasteiger partial charge in [-0.05, 0) is 37.6 Å². The van der Waals surface area contributed by atoms with Crippen LogP contribution in [0.25, 0.3) is 0 Å². The molecule has 3 heteroatoms. The molecule has 1 saturated heterocycles. The molecule has 106 valence electrons. The van der Waals surface area contributed by atoms with Crippen molar-refractivity contribution >= 4 is 11.8 Å². The zero-order valence-corrected chi connectivity index (χ0v) is 13.5. The first kappa shape index (κ1) is 14.9. The molecule has 0 amide bonds. The Morgan fingerprint density at radius 3 is 2.68 bits per heavy atom. The van der Waals surface area contributed by atoms with Crippen LogP contribution in [0.3, 0.4) is 0 Å². The Labute approximate surface area is 122 Å². The van der Waals surface area contributed by atoms with Crippen LogP contribution in [-0.2, 0) is 0 Å². The minimum Gasteiger partial charge on any atom is -0.297 e. The number of likely N-dealkylation sites (tertiary alicyclic amines) is 1. The van der Waals surface area contributed by atoms with Gasteiger partial charge in [0.15, 0.2) is 0 Å². The lowest BCUT2D eigenvalue weighted by molar-refractivity contribution is 0.157. The quantitative estimate of drug-likeness (QED) is 0.756. The van der Waals surface area contributed by atoms with Gasteiger partial charge in [0.1, 0.15) is 0 Å². The minimum absolute atomic E-state index is 0.231. The van der Waals surface area contributed by atoms with Crippen molar-refractivity contribution in [2.45, 2.75) is 62.8 Å². The van der Waals surface area contributed by atoms with Crippen molar-refractivity contribution in [2.75, 3.05) is 13.1 Å². The number of pyridine rings is 1. The van der Waals surface area contributed by atoms with Crippen molar-refractivity contribution in [1.82, 2.24) is 9.88 Å². The van der Waals surface area contributed by atoms with Gasteiger partial charge in [-0.15, -0.1) is 11.8 Å². The van der Waals surface area contributed by atoms with Crippen molar-refractivity contribution < 1.29 is 0 Å². The normalized spacial score (nSPS) is 21.6. The summed E-state index contributed by atoms with van der Waals surface area (Å²) in [7, 11) is 0. The lowest BCUT2D eigenvalue weighted by Crippen LogP contribution is -2.33. The van der Waals surface area contributed by atoms with Crippen molar-refractivity contribution in [3.63, 3.8) is 0 Å². The lowest BCUT2D eigenvalue weighted by Gasteiger charge is -2.35. The van der Waals surface area contributed by atoms with Gasteiger partial charge in [0, 0.05) is 17.0 Å². The fourth-order valence-corrected chi connectivity index (χ4v) is 3.58. The molecule has 0 aliphatic carbocycles. The molecule has 19 heavy (non-hydrogen) atoms. The second kappa shape index (κ2) is 6.27. The van der Waals surface area contributed by atoms with E-state index in [1.165, 1.54) is 31.4 Å². The lowest BCUT2D eigenvalue weighted by atomic mass is 9.96. The number of aromatic nitrogens is 1. The van der Waals surface area contributed by atoms with E-state index >= 15 is 0 Å². The largest absolute Gasteiger partial charge is 0.297 e. The highest BCUT2D eigenvalue weighted by Gasteiger charge is 2.23. The molecule has 1 atom stereocenters. The number of rotatable bonds is 3. The summed E-state index contributed by atoms with van der Waals surface area (Å²) in [6.45, 7) is 11.3. The maximum atomic E-state index is 4.64. The van der Waals surface area contributed by atoms with Gasteiger partial charge in [0.05, 0.1) is 5.03 Å². The van der Waals surface area contributed by atoms with Crippen LogP contribution in [0.1, 0.15) is 58.6 Å². The Morgan fingerprint density at radius 2 is 2.11 bits per heavy atom. The molecule has 0 N–H and O–H groups in total. The zero-order chi connectivity index (χ0) is 13.9. The second-order valence-corrected chi connectivity index (χ2v) is 8.13. The molecular formula is C16H26N2S. The fraction of sp³-hybridized carbons (Fsp3) is 0.688. The summed E-state index contributed by atoms with van der Waals surface area (Å²) >= 11 is 1.84. The van der Waals surface area contributed by atoms with Crippen LogP contribution in [0.2, 0.25) is 0 Å². The molecule has 0 aromatic carbocycles. The molecule has 1 aromatic heterocycles. The van der Waals surface area contributed by atoms with E-state index in [1.54, 1.807) is 0 Å². The van der Waals surface area contributed by atoms with E-state index in [-0.39, 0.29) is 4.75 Å².